The van der Waals surface area contributed by atoms with Gasteiger partial charge in [0.25, 0.3) is 5.91 Å². The molecule has 86 valence electrons. The van der Waals surface area contributed by atoms with Crippen LogP contribution < -0.4 is 5.32 Å². The van der Waals surface area contributed by atoms with Gasteiger partial charge in [0.2, 0.25) is 5.95 Å². The summed E-state index contributed by atoms with van der Waals surface area (Å²) in [6.07, 6.45) is 3.13. The van der Waals surface area contributed by atoms with Crippen molar-refractivity contribution in [3.63, 3.8) is 0 Å². The van der Waals surface area contributed by atoms with E-state index < -0.39 is 0 Å². The lowest BCUT2D eigenvalue weighted by Crippen LogP contribution is -2.14. The second kappa shape index (κ2) is 5.29. The highest BCUT2D eigenvalue weighted by molar-refractivity contribution is 9.10. The van der Waals surface area contributed by atoms with Gasteiger partial charge in [-0.05, 0) is 28.1 Å². The molecule has 2 rings (SSSR count). The molecule has 0 aliphatic rings. The molecule has 0 aliphatic heterocycles. The number of anilines is 1. The van der Waals surface area contributed by atoms with Crippen molar-refractivity contribution in [2.75, 3.05) is 5.32 Å². The Bertz CT molecular complexity index is 545. The number of thiol groups is 1. The SMILES string of the molecule is O=C(Nc1ncc(Br)cn1)c1ccccc1S. The zero-order valence-corrected chi connectivity index (χ0v) is 11.1. The molecule has 0 spiro atoms. The van der Waals surface area contributed by atoms with Crippen LogP contribution >= 0.6 is 28.6 Å². The third-order valence-electron chi connectivity index (χ3n) is 1.99. The van der Waals surface area contributed by atoms with E-state index in [-0.39, 0.29) is 11.9 Å². The first-order valence-corrected chi connectivity index (χ1v) is 5.98. The molecule has 1 heterocycles. The summed E-state index contributed by atoms with van der Waals surface area (Å²) in [7, 11) is 0. The summed E-state index contributed by atoms with van der Waals surface area (Å²) in [6.45, 7) is 0. The molecule has 0 saturated heterocycles. The Morgan fingerprint density at radius 1 is 1.24 bits per heavy atom. The van der Waals surface area contributed by atoms with E-state index in [1.807, 2.05) is 6.07 Å². The number of hydrogen-bond acceptors (Lipinski definition) is 4. The minimum absolute atomic E-state index is 0.259. The molecule has 17 heavy (non-hydrogen) atoms. The minimum atomic E-state index is -0.280. The van der Waals surface area contributed by atoms with Gasteiger partial charge < -0.3 is 0 Å². The third kappa shape index (κ3) is 3.04. The molecule has 0 bridgehead atoms. The van der Waals surface area contributed by atoms with Gasteiger partial charge >= 0.3 is 0 Å². The van der Waals surface area contributed by atoms with Crippen molar-refractivity contribution in [3.8, 4) is 0 Å². The van der Waals surface area contributed by atoms with Gasteiger partial charge in [0.05, 0.1) is 10.0 Å². The van der Waals surface area contributed by atoms with E-state index in [0.717, 1.165) is 4.47 Å². The summed E-state index contributed by atoms with van der Waals surface area (Å²) in [5, 5.41) is 2.60. The first-order chi connectivity index (χ1) is 8.16. The van der Waals surface area contributed by atoms with Crippen LogP contribution in [0.3, 0.4) is 0 Å². The lowest BCUT2D eigenvalue weighted by Gasteiger charge is -2.05. The molecule has 0 fully saturated rings. The summed E-state index contributed by atoms with van der Waals surface area (Å²) in [6, 6.07) is 7.03. The molecule has 4 nitrogen and oxygen atoms in total. The first kappa shape index (κ1) is 12.1. The Kier molecular flexibility index (Phi) is 3.75. The second-order valence-corrected chi connectivity index (χ2v) is 4.59. The summed E-state index contributed by atoms with van der Waals surface area (Å²) < 4.78 is 0.755. The molecule has 0 unspecified atom stereocenters. The zero-order valence-electron chi connectivity index (χ0n) is 8.59. The predicted octanol–water partition coefficient (Wildman–Crippen LogP) is 2.78. The average molecular weight is 310 g/mol. The van der Waals surface area contributed by atoms with E-state index in [2.05, 4.69) is 43.8 Å². The lowest BCUT2D eigenvalue weighted by molar-refractivity contribution is 0.102. The number of aromatic nitrogens is 2. The van der Waals surface area contributed by atoms with Gasteiger partial charge in [-0.2, -0.15) is 0 Å². The Balaban J connectivity index is 2.17. The number of halogens is 1. The van der Waals surface area contributed by atoms with Crippen LogP contribution in [0, 0.1) is 0 Å². The maximum Gasteiger partial charge on any atom is 0.259 e. The van der Waals surface area contributed by atoms with E-state index in [1.54, 1.807) is 30.6 Å². The van der Waals surface area contributed by atoms with E-state index in [9.17, 15) is 4.79 Å². The van der Waals surface area contributed by atoms with Crippen molar-refractivity contribution in [1.82, 2.24) is 9.97 Å². The van der Waals surface area contributed by atoms with Crippen LogP contribution in [0.2, 0.25) is 0 Å². The fourth-order valence-corrected chi connectivity index (χ4v) is 1.68. The van der Waals surface area contributed by atoms with Crippen LogP contribution in [0.4, 0.5) is 5.95 Å². The number of carbonyl (C=O) groups excluding carboxylic acids is 1. The van der Waals surface area contributed by atoms with Crippen LogP contribution in [0.25, 0.3) is 0 Å². The average Bonchev–Trinajstić information content (AvgIpc) is 2.32. The van der Waals surface area contributed by atoms with Crippen LogP contribution in [0.15, 0.2) is 46.0 Å². The Hall–Kier alpha value is -1.40. The predicted molar refractivity (Wildman–Crippen MR) is 71.4 cm³/mol. The fraction of sp³-hybridized carbons (Fsp3) is 0. The molecular formula is C11H8BrN3OS. The normalized spacial score (nSPS) is 10.0. The highest BCUT2D eigenvalue weighted by Crippen LogP contribution is 2.14. The molecule has 0 atom stereocenters. The van der Waals surface area contributed by atoms with E-state index in [1.165, 1.54) is 0 Å². The highest BCUT2D eigenvalue weighted by Gasteiger charge is 2.09. The smallest absolute Gasteiger partial charge is 0.259 e. The number of nitrogens with zero attached hydrogens (tertiary/aromatic N) is 2. The van der Waals surface area contributed by atoms with Crippen LogP contribution in [-0.4, -0.2) is 15.9 Å². The number of hydrogen-bond donors (Lipinski definition) is 2. The quantitative estimate of drug-likeness (QED) is 0.839. The Morgan fingerprint density at radius 2 is 1.88 bits per heavy atom. The number of rotatable bonds is 2. The van der Waals surface area contributed by atoms with Gasteiger partial charge in [-0.15, -0.1) is 12.6 Å². The molecule has 1 aromatic carbocycles. The molecule has 1 aromatic heterocycles. The van der Waals surface area contributed by atoms with Gasteiger partial charge in [-0.1, -0.05) is 12.1 Å². The monoisotopic (exact) mass is 309 g/mol. The molecule has 0 aliphatic carbocycles. The second-order valence-electron chi connectivity index (χ2n) is 3.20. The summed E-state index contributed by atoms with van der Waals surface area (Å²) in [5.74, 6) is -0.0206. The maximum absolute atomic E-state index is 11.9. The number of benzene rings is 1. The molecule has 6 heteroatoms. The van der Waals surface area contributed by atoms with Crippen molar-refractivity contribution in [2.24, 2.45) is 0 Å². The van der Waals surface area contributed by atoms with E-state index >= 15 is 0 Å². The molecule has 2 aromatic rings. The van der Waals surface area contributed by atoms with Crippen LogP contribution in [-0.2, 0) is 0 Å². The first-order valence-electron chi connectivity index (χ1n) is 4.74. The third-order valence-corrected chi connectivity index (χ3v) is 2.79. The van der Waals surface area contributed by atoms with E-state index in [0.29, 0.717) is 10.5 Å². The van der Waals surface area contributed by atoms with Crippen molar-refractivity contribution in [2.45, 2.75) is 4.90 Å². The van der Waals surface area contributed by atoms with Gasteiger partial charge in [0.15, 0.2) is 0 Å². The molecular weight excluding hydrogens is 302 g/mol. The molecule has 1 amide bonds. The number of nitrogens with one attached hydrogen (secondary N) is 1. The maximum atomic E-state index is 11.9. The topological polar surface area (TPSA) is 54.9 Å². The van der Waals surface area contributed by atoms with Crippen molar-refractivity contribution in [1.29, 1.82) is 0 Å². The van der Waals surface area contributed by atoms with Crippen LogP contribution in [0.5, 0.6) is 0 Å². The Labute approximate surface area is 112 Å². The fourth-order valence-electron chi connectivity index (χ4n) is 1.21. The molecule has 0 saturated carbocycles. The lowest BCUT2D eigenvalue weighted by atomic mass is 10.2. The summed E-state index contributed by atoms with van der Waals surface area (Å²) >= 11 is 7.43. The standard InChI is InChI=1S/C11H8BrN3OS/c12-7-5-13-11(14-6-7)15-10(16)8-3-1-2-4-9(8)17/h1-6,17H,(H,13,14,15,16). The van der Waals surface area contributed by atoms with Crippen molar-refractivity contribution in [3.05, 3.63) is 46.7 Å². The van der Waals surface area contributed by atoms with Gasteiger partial charge in [0.1, 0.15) is 0 Å². The van der Waals surface area contributed by atoms with Gasteiger partial charge in [0, 0.05) is 17.3 Å². The molecule has 1 N–H and O–H groups in total. The minimum Gasteiger partial charge on any atom is -0.290 e. The van der Waals surface area contributed by atoms with Crippen LogP contribution in [0.1, 0.15) is 10.4 Å². The summed E-state index contributed by atoms with van der Waals surface area (Å²) in [4.78, 5) is 20.4. The largest absolute Gasteiger partial charge is 0.290 e. The van der Waals surface area contributed by atoms with Crippen molar-refractivity contribution < 1.29 is 4.79 Å². The Morgan fingerprint density at radius 3 is 2.53 bits per heavy atom. The number of carbonyl (C=O) groups is 1. The number of amides is 1. The summed E-state index contributed by atoms with van der Waals surface area (Å²) in [5.41, 5.74) is 0.488. The van der Waals surface area contributed by atoms with Gasteiger partial charge in [-0.3, -0.25) is 10.1 Å². The van der Waals surface area contributed by atoms with Gasteiger partial charge in [-0.25, -0.2) is 9.97 Å². The van der Waals surface area contributed by atoms with E-state index in [4.69, 9.17) is 0 Å². The highest BCUT2D eigenvalue weighted by atomic mass is 79.9. The molecule has 0 radical (unpaired) electrons. The van der Waals surface area contributed by atoms with Crippen molar-refractivity contribution >= 4 is 40.4 Å². The zero-order chi connectivity index (χ0) is 12.3.